The van der Waals surface area contributed by atoms with Crippen LogP contribution >= 0.6 is 0 Å². The van der Waals surface area contributed by atoms with Crippen molar-refractivity contribution in [3.63, 3.8) is 0 Å². The predicted molar refractivity (Wildman–Crippen MR) is 52.1 cm³/mol. The highest BCUT2D eigenvalue weighted by molar-refractivity contribution is 5.77. The molecular weight excluding hydrogens is 166 g/mol. The molecule has 1 saturated heterocycles. The molecule has 4 heteroatoms. The Hall–Kier alpha value is -0.610. The molecule has 1 fully saturated rings. The molecule has 4 nitrogen and oxygen atoms in total. The van der Waals surface area contributed by atoms with E-state index in [1.807, 2.05) is 4.90 Å². The van der Waals surface area contributed by atoms with E-state index in [9.17, 15) is 4.79 Å². The van der Waals surface area contributed by atoms with Crippen LogP contribution in [0.15, 0.2) is 0 Å². The number of carbonyl (C=O) groups excluding carboxylic acids is 1. The number of piperazine rings is 1. The molecule has 0 unspecified atom stereocenters. The molecular formula is C9H18N3O-. The molecule has 0 saturated carbocycles. The second-order valence-corrected chi connectivity index (χ2v) is 3.68. The van der Waals surface area contributed by atoms with E-state index in [1.54, 1.807) is 19.0 Å². The largest absolute Gasteiger partial charge is 0.457 e. The van der Waals surface area contributed by atoms with Crippen LogP contribution in [0.4, 0.5) is 0 Å². The highest BCUT2D eigenvalue weighted by Gasteiger charge is 2.14. The second kappa shape index (κ2) is 4.58. The summed E-state index contributed by atoms with van der Waals surface area (Å²) in [7, 11) is 7.44. The molecule has 0 spiro atoms. The monoisotopic (exact) mass is 184 g/mol. The summed E-state index contributed by atoms with van der Waals surface area (Å²) in [5.41, 5.74) is 0. The fourth-order valence-corrected chi connectivity index (χ4v) is 1.28. The Kier molecular flexibility index (Phi) is 3.69. The number of hydrogen-bond acceptors (Lipinski definition) is 3. The fourth-order valence-electron chi connectivity index (χ4n) is 1.28. The zero-order chi connectivity index (χ0) is 9.84. The van der Waals surface area contributed by atoms with Crippen molar-refractivity contribution in [2.45, 2.75) is 0 Å². The van der Waals surface area contributed by atoms with Gasteiger partial charge in [0.15, 0.2) is 0 Å². The van der Waals surface area contributed by atoms with Crippen molar-refractivity contribution in [3.05, 3.63) is 7.05 Å². The average Bonchev–Trinajstić information content (AvgIpc) is 2.08. The number of likely N-dealkylation sites (N-methyl/N-ethyl adjacent to an activating group) is 1. The summed E-state index contributed by atoms with van der Waals surface area (Å²) in [4.78, 5) is 17.2. The Morgan fingerprint density at radius 1 is 1.31 bits per heavy atom. The van der Waals surface area contributed by atoms with Crippen molar-refractivity contribution in [2.75, 3.05) is 46.8 Å². The van der Waals surface area contributed by atoms with E-state index in [2.05, 4.69) is 11.9 Å². The third kappa shape index (κ3) is 3.32. The van der Waals surface area contributed by atoms with Crippen LogP contribution in [-0.2, 0) is 4.79 Å². The molecule has 0 N–H and O–H groups in total. The van der Waals surface area contributed by atoms with Crippen LogP contribution in [-0.4, -0.2) is 67.4 Å². The smallest absolute Gasteiger partial charge is 0.236 e. The minimum Gasteiger partial charge on any atom is -0.457 e. The van der Waals surface area contributed by atoms with Gasteiger partial charge in [0, 0.05) is 27.2 Å². The van der Waals surface area contributed by atoms with Crippen molar-refractivity contribution in [1.82, 2.24) is 14.7 Å². The van der Waals surface area contributed by atoms with E-state index >= 15 is 0 Å². The summed E-state index contributed by atoms with van der Waals surface area (Å²) in [6.45, 7) is 4.36. The van der Waals surface area contributed by atoms with Gasteiger partial charge in [0.1, 0.15) is 0 Å². The summed E-state index contributed by atoms with van der Waals surface area (Å²) >= 11 is 0. The lowest BCUT2D eigenvalue weighted by atomic mass is 10.3. The van der Waals surface area contributed by atoms with Gasteiger partial charge in [-0.1, -0.05) is 0 Å². The maximum absolute atomic E-state index is 11.3. The van der Waals surface area contributed by atoms with E-state index < -0.39 is 0 Å². The van der Waals surface area contributed by atoms with Gasteiger partial charge in [0.25, 0.3) is 0 Å². The molecule has 76 valence electrons. The maximum atomic E-state index is 11.3. The Morgan fingerprint density at radius 3 is 2.31 bits per heavy atom. The normalized spacial score (nSPS) is 20.2. The van der Waals surface area contributed by atoms with E-state index in [1.165, 1.54) is 0 Å². The van der Waals surface area contributed by atoms with Crippen LogP contribution in [0.2, 0.25) is 0 Å². The minimum absolute atomic E-state index is 0.178. The molecule has 1 amide bonds. The minimum atomic E-state index is 0.178. The molecule has 0 aromatic carbocycles. The summed E-state index contributed by atoms with van der Waals surface area (Å²) < 4.78 is 0. The first-order valence-electron chi connectivity index (χ1n) is 4.57. The first-order chi connectivity index (χ1) is 6.09. The van der Waals surface area contributed by atoms with Crippen molar-refractivity contribution >= 4 is 5.91 Å². The number of rotatable bonds is 2. The van der Waals surface area contributed by atoms with Crippen LogP contribution in [0.1, 0.15) is 0 Å². The van der Waals surface area contributed by atoms with Crippen molar-refractivity contribution in [2.24, 2.45) is 0 Å². The lowest BCUT2D eigenvalue weighted by Gasteiger charge is -2.36. The van der Waals surface area contributed by atoms with Gasteiger partial charge in [0.2, 0.25) is 5.91 Å². The number of amides is 1. The van der Waals surface area contributed by atoms with Crippen LogP contribution in [0.3, 0.4) is 0 Å². The molecule has 1 rings (SSSR count). The molecule has 0 radical (unpaired) electrons. The van der Waals surface area contributed by atoms with Crippen LogP contribution in [0.25, 0.3) is 0 Å². The Morgan fingerprint density at radius 2 is 1.85 bits per heavy atom. The van der Waals surface area contributed by atoms with Crippen molar-refractivity contribution in [3.8, 4) is 0 Å². The van der Waals surface area contributed by atoms with Crippen LogP contribution in [0, 0.1) is 7.05 Å². The highest BCUT2D eigenvalue weighted by atomic mass is 16.2. The van der Waals surface area contributed by atoms with Gasteiger partial charge in [0.05, 0.1) is 6.54 Å². The van der Waals surface area contributed by atoms with Crippen LogP contribution < -0.4 is 0 Å². The van der Waals surface area contributed by atoms with Crippen molar-refractivity contribution in [1.29, 1.82) is 0 Å². The van der Waals surface area contributed by atoms with E-state index in [0.29, 0.717) is 6.54 Å². The average molecular weight is 184 g/mol. The predicted octanol–water partition coefficient (Wildman–Crippen LogP) is -0.516. The van der Waals surface area contributed by atoms with Gasteiger partial charge < -0.3 is 9.80 Å². The third-order valence-electron chi connectivity index (χ3n) is 2.32. The molecule has 1 aliphatic rings. The first kappa shape index (κ1) is 10.5. The van der Waals surface area contributed by atoms with E-state index in [4.69, 9.17) is 0 Å². The Balaban J connectivity index is 2.26. The number of nitrogens with zero attached hydrogens (tertiary/aromatic N) is 3. The summed E-state index contributed by atoms with van der Waals surface area (Å²) in [6, 6.07) is 0. The SMILES string of the molecule is [CH2-]N1CCN(CC(=O)N(C)C)CC1. The summed E-state index contributed by atoms with van der Waals surface area (Å²) in [6.07, 6.45) is 0. The molecule has 1 aliphatic heterocycles. The molecule has 0 atom stereocenters. The Bertz CT molecular complexity index is 174. The van der Waals surface area contributed by atoms with Gasteiger partial charge in [-0.05, 0) is 13.1 Å². The van der Waals surface area contributed by atoms with Gasteiger partial charge in [-0.25, -0.2) is 0 Å². The molecule has 0 aromatic heterocycles. The lowest BCUT2D eigenvalue weighted by molar-refractivity contribution is -0.130. The summed E-state index contributed by atoms with van der Waals surface area (Å²) in [5, 5.41) is 0. The maximum Gasteiger partial charge on any atom is 0.236 e. The zero-order valence-corrected chi connectivity index (χ0v) is 8.49. The highest BCUT2D eigenvalue weighted by Crippen LogP contribution is 1.99. The molecule has 13 heavy (non-hydrogen) atoms. The van der Waals surface area contributed by atoms with E-state index in [-0.39, 0.29) is 5.91 Å². The first-order valence-corrected chi connectivity index (χ1v) is 4.57. The molecule has 0 aromatic rings. The van der Waals surface area contributed by atoms with Gasteiger partial charge in [-0.2, -0.15) is 0 Å². The van der Waals surface area contributed by atoms with Gasteiger partial charge in [-0.15, -0.1) is 0 Å². The molecule has 0 bridgehead atoms. The quantitative estimate of drug-likeness (QED) is 0.541. The zero-order valence-electron chi connectivity index (χ0n) is 8.49. The second-order valence-electron chi connectivity index (χ2n) is 3.68. The van der Waals surface area contributed by atoms with Crippen molar-refractivity contribution < 1.29 is 4.79 Å². The van der Waals surface area contributed by atoms with Gasteiger partial charge >= 0.3 is 0 Å². The van der Waals surface area contributed by atoms with Crippen LogP contribution in [0.5, 0.6) is 0 Å². The topological polar surface area (TPSA) is 26.8 Å². The standard InChI is InChI=1S/C9H18N3O/c1-10(2)9(13)8-12-6-4-11(3)5-7-12/h3-8H2,1-2H3/q-1. The third-order valence-corrected chi connectivity index (χ3v) is 2.32. The number of carbonyl (C=O) groups is 1. The molecule has 0 aliphatic carbocycles. The van der Waals surface area contributed by atoms with Gasteiger partial charge in [-0.3, -0.25) is 16.7 Å². The fraction of sp³-hybridized carbons (Fsp3) is 0.778. The van der Waals surface area contributed by atoms with E-state index in [0.717, 1.165) is 26.2 Å². The molecule has 1 heterocycles. The summed E-state index contributed by atoms with van der Waals surface area (Å²) in [5.74, 6) is 0.178. The Labute approximate surface area is 80.1 Å². The lowest BCUT2D eigenvalue weighted by Crippen LogP contribution is -2.47. The number of hydrogen-bond donors (Lipinski definition) is 0.